The van der Waals surface area contributed by atoms with Crippen LogP contribution in [0.25, 0.3) is 27.4 Å². The van der Waals surface area contributed by atoms with E-state index >= 15 is 0 Å². The van der Waals surface area contributed by atoms with Crippen molar-refractivity contribution in [3.05, 3.63) is 113 Å². The first kappa shape index (κ1) is 22.3. The van der Waals surface area contributed by atoms with Crippen molar-refractivity contribution in [3.8, 4) is 5.69 Å². The van der Waals surface area contributed by atoms with Crippen LogP contribution in [-0.4, -0.2) is 27.5 Å². The summed E-state index contributed by atoms with van der Waals surface area (Å²) in [4.78, 5) is 33.3. The summed E-state index contributed by atoms with van der Waals surface area (Å²) in [6.45, 7) is 3.83. The molecule has 174 valence electrons. The lowest BCUT2D eigenvalue weighted by Gasteiger charge is -2.27. The number of carbonyl (C=O) groups is 1. The summed E-state index contributed by atoms with van der Waals surface area (Å²) in [5.41, 5.74) is 2.86. The third kappa shape index (κ3) is 4.15. The summed E-state index contributed by atoms with van der Waals surface area (Å²) in [5.74, 6) is 0.492. The summed E-state index contributed by atoms with van der Waals surface area (Å²) in [5, 5.41) is 5.61. The van der Waals surface area contributed by atoms with Crippen LogP contribution in [0.3, 0.4) is 0 Å². The number of hydrogen-bond acceptors (Lipinski definition) is 3. The molecule has 1 N–H and O–H groups in total. The second kappa shape index (κ2) is 9.06. The van der Waals surface area contributed by atoms with Gasteiger partial charge in [0.15, 0.2) is 0 Å². The molecule has 1 heterocycles. The zero-order valence-electron chi connectivity index (χ0n) is 19.9. The van der Waals surface area contributed by atoms with Gasteiger partial charge in [0.05, 0.1) is 22.6 Å². The Labute approximate surface area is 203 Å². The zero-order chi connectivity index (χ0) is 24.5. The minimum absolute atomic E-state index is 0.166. The van der Waals surface area contributed by atoms with Crippen molar-refractivity contribution in [2.24, 2.45) is 0 Å². The Morgan fingerprint density at radius 2 is 1.60 bits per heavy atom. The number of urea groups is 1. The fourth-order valence-corrected chi connectivity index (χ4v) is 4.26. The smallest absolute Gasteiger partial charge is 0.318 e. The normalized spacial score (nSPS) is 12.0. The van der Waals surface area contributed by atoms with Crippen LogP contribution in [-0.2, 0) is 0 Å². The van der Waals surface area contributed by atoms with E-state index in [0.29, 0.717) is 22.4 Å². The van der Waals surface area contributed by atoms with E-state index < -0.39 is 6.04 Å². The van der Waals surface area contributed by atoms with E-state index in [1.807, 2.05) is 98.8 Å². The van der Waals surface area contributed by atoms with E-state index in [1.54, 1.807) is 22.6 Å². The number of amides is 2. The van der Waals surface area contributed by atoms with Crippen molar-refractivity contribution in [2.75, 3.05) is 12.4 Å². The number of carbonyl (C=O) groups excluding carboxylic acids is 1. The van der Waals surface area contributed by atoms with Crippen LogP contribution in [0.15, 0.2) is 95.8 Å². The summed E-state index contributed by atoms with van der Waals surface area (Å²) in [7, 11) is 1.71. The third-order valence-electron chi connectivity index (χ3n) is 6.45. The molecule has 0 aliphatic rings. The van der Waals surface area contributed by atoms with Gasteiger partial charge in [-0.25, -0.2) is 9.78 Å². The first-order valence-electron chi connectivity index (χ1n) is 11.5. The largest absolute Gasteiger partial charge is 0.322 e. The number of benzene rings is 4. The summed E-state index contributed by atoms with van der Waals surface area (Å²) in [6, 6.07) is 28.1. The van der Waals surface area contributed by atoms with E-state index in [1.165, 1.54) is 0 Å². The van der Waals surface area contributed by atoms with Gasteiger partial charge in [-0.15, -0.1) is 0 Å². The Balaban J connectivity index is 1.62. The van der Waals surface area contributed by atoms with Crippen molar-refractivity contribution in [1.29, 1.82) is 0 Å². The second-order valence-electron chi connectivity index (χ2n) is 8.69. The van der Waals surface area contributed by atoms with Gasteiger partial charge in [0.1, 0.15) is 5.82 Å². The molecule has 0 saturated heterocycles. The fourth-order valence-electron chi connectivity index (χ4n) is 4.26. The average Bonchev–Trinajstić information content (AvgIpc) is 2.88. The van der Waals surface area contributed by atoms with Gasteiger partial charge in [0.2, 0.25) is 0 Å². The van der Waals surface area contributed by atoms with Gasteiger partial charge in [0, 0.05) is 12.7 Å². The van der Waals surface area contributed by atoms with Crippen LogP contribution < -0.4 is 10.9 Å². The summed E-state index contributed by atoms with van der Waals surface area (Å²) < 4.78 is 1.62. The van der Waals surface area contributed by atoms with E-state index in [9.17, 15) is 9.59 Å². The molecule has 5 aromatic rings. The minimum Gasteiger partial charge on any atom is -0.318 e. The Morgan fingerprint density at radius 3 is 2.40 bits per heavy atom. The van der Waals surface area contributed by atoms with Gasteiger partial charge in [-0.3, -0.25) is 9.36 Å². The lowest BCUT2D eigenvalue weighted by molar-refractivity contribution is 0.205. The highest BCUT2D eigenvalue weighted by Crippen LogP contribution is 2.25. The third-order valence-corrected chi connectivity index (χ3v) is 6.45. The molecule has 0 spiro atoms. The van der Waals surface area contributed by atoms with E-state index in [-0.39, 0.29) is 11.6 Å². The monoisotopic (exact) mass is 462 g/mol. The van der Waals surface area contributed by atoms with E-state index in [4.69, 9.17) is 4.98 Å². The van der Waals surface area contributed by atoms with Crippen molar-refractivity contribution < 1.29 is 4.79 Å². The maximum Gasteiger partial charge on any atom is 0.322 e. The van der Waals surface area contributed by atoms with Crippen LogP contribution in [0.5, 0.6) is 0 Å². The molecule has 6 nitrogen and oxygen atoms in total. The number of aromatic nitrogens is 2. The number of aryl methyl sites for hydroxylation is 1. The molecular formula is C29H26N4O2. The lowest BCUT2D eigenvalue weighted by atomic mass is 10.1. The van der Waals surface area contributed by atoms with E-state index in [0.717, 1.165) is 22.0 Å². The molecule has 4 aromatic carbocycles. The number of rotatable bonds is 4. The first-order valence-corrected chi connectivity index (χ1v) is 11.5. The SMILES string of the molecule is Cc1ccccc1NC(=O)N(C)C(C)c1nc2ccccc2c(=O)n1-c1ccc2ccccc2c1. The van der Waals surface area contributed by atoms with Crippen molar-refractivity contribution >= 4 is 33.4 Å². The molecule has 1 aromatic heterocycles. The molecular weight excluding hydrogens is 436 g/mol. The number of hydrogen-bond donors (Lipinski definition) is 1. The van der Waals surface area contributed by atoms with Gasteiger partial charge in [-0.05, 0) is 60.5 Å². The number of nitrogens with one attached hydrogen (secondary N) is 1. The Kier molecular flexibility index (Phi) is 5.79. The van der Waals surface area contributed by atoms with Crippen LogP contribution in [0.1, 0.15) is 24.4 Å². The maximum atomic E-state index is 13.7. The average molecular weight is 463 g/mol. The van der Waals surface area contributed by atoms with Crippen molar-refractivity contribution in [3.63, 3.8) is 0 Å². The Bertz CT molecular complexity index is 1620. The molecule has 0 aliphatic heterocycles. The molecule has 2 amide bonds. The van der Waals surface area contributed by atoms with Crippen LogP contribution in [0.4, 0.5) is 10.5 Å². The maximum absolute atomic E-state index is 13.7. The highest BCUT2D eigenvalue weighted by molar-refractivity contribution is 5.90. The van der Waals surface area contributed by atoms with Gasteiger partial charge >= 0.3 is 6.03 Å². The molecule has 5 rings (SSSR count). The van der Waals surface area contributed by atoms with Crippen LogP contribution in [0.2, 0.25) is 0 Å². The molecule has 1 unspecified atom stereocenters. The van der Waals surface area contributed by atoms with Crippen LogP contribution in [0, 0.1) is 6.92 Å². The molecule has 1 atom stereocenters. The predicted molar refractivity (Wildman–Crippen MR) is 141 cm³/mol. The number of fused-ring (bicyclic) bond motifs is 2. The van der Waals surface area contributed by atoms with Gasteiger partial charge in [-0.1, -0.05) is 60.7 Å². The summed E-state index contributed by atoms with van der Waals surface area (Å²) >= 11 is 0. The molecule has 0 fully saturated rings. The fraction of sp³-hybridized carbons (Fsp3) is 0.138. The molecule has 0 radical (unpaired) electrons. The standard InChI is InChI=1S/C29H26N4O2/c1-19-10-4-8-14-25(19)31-29(35)32(3)20(2)27-30-26-15-9-7-13-24(26)28(34)33(27)23-17-16-21-11-5-6-12-22(21)18-23/h4-18,20H,1-3H3,(H,31,35). The second-order valence-corrected chi connectivity index (χ2v) is 8.69. The zero-order valence-corrected chi connectivity index (χ0v) is 19.9. The first-order chi connectivity index (χ1) is 16.9. The molecule has 0 bridgehead atoms. The minimum atomic E-state index is -0.484. The predicted octanol–water partition coefficient (Wildman–Crippen LogP) is 6.07. The molecule has 0 saturated carbocycles. The quantitative estimate of drug-likeness (QED) is 0.352. The Hall–Kier alpha value is -4.45. The topological polar surface area (TPSA) is 67.2 Å². The number of anilines is 1. The lowest BCUT2D eigenvalue weighted by Crippen LogP contribution is -2.37. The molecule has 35 heavy (non-hydrogen) atoms. The molecule has 6 heteroatoms. The van der Waals surface area contributed by atoms with Crippen molar-refractivity contribution in [1.82, 2.24) is 14.5 Å². The highest BCUT2D eigenvalue weighted by Gasteiger charge is 2.24. The van der Waals surface area contributed by atoms with Gasteiger partial charge < -0.3 is 10.2 Å². The number of nitrogens with zero attached hydrogens (tertiary/aromatic N) is 3. The van der Waals surface area contributed by atoms with Crippen LogP contribution >= 0.6 is 0 Å². The number of para-hydroxylation sites is 2. The van der Waals surface area contributed by atoms with E-state index in [2.05, 4.69) is 5.32 Å². The van der Waals surface area contributed by atoms with Gasteiger partial charge in [-0.2, -0.15) is 0 Å². The summed E-state index contributed by atoms with van der Waals surface area (Å²) in [6.07, 6.45) is 0. The van der Waals surface area contributed by atoms with Crippen molar-refractivity contribution in [2.45, 2.75) is 19.9 Å². The Morgan fingerprint density at radius 1 is 0.914 bits per heavy atom. The highest BCUT2D eigenvalue weighted by atomic mass is 16.2. The molecule has 0 aliphatic carbocycles. The van der Waals surface area contributed by atoms with Gasteiger partial charge in [0.25, 0.3) is 5.56 Å².